The Morgan fingerprint density at radius 2 is 1.84 bits per heavy atom. The van der Waals surface area contributed by atoms with Crippen LogP contribution in [-0.2, 0) is 20.4 Å². The molecule has 0 aliphatic carbocycles. The largest absolute Gasteiger partial charge is 0.418 e. The number of anilines is 2. The maximum absolute atomic E-state index is 13.5. The number of ether oxygens (including phenoxy) is 2. The van der Waals surface area contributed by atoms with Gasteiger partial charge in [0.15, 0.2) is 0 Å². The van der Waals surface area contributed by atoms with Gasteiger partial charge in [-0.25, -0.2) is 4.39 Å². The van der Waals surface area contributed by atoms with Crippen LogP contribution in [0.15, 0.2) is 42.5 Å². The van der Waals surface area contributed by atoms with E-state index in [1.165, 1.54) is 18.2 Å². The second-order valence-electron chi connectivity index (χ2n) is 7.23. The van der Waals surface area contributed by atoms with Crippen LogP contribution in [0.5, 0.6) is 0 Å². The van der Waals surface area contributed by atoms with E-state index in [0.717, 1.165) is 37.1 Å². The highest BCUT2D eigenvalue weighted by Crippen LogP contribution is 2.36. The highest BCUT2D eigenvalue weighted by atomic mass is 19.4. The lowest BCUT2D eigenvalue weighted by Gasteiger charge is -2.16. The van der Waals surface area contributed by atoms with E-state index in [1.807, 2.05) is 0 Å². The molecule has 2 N–H and O–H groups in total. The third kappa shape index (κ3) is 6.76. The van der Waals surface area contributed by atoms with E-state index in [9.17, 15) is 27.2 Å². The molecule has 1 fully saturated rings. The molecular weight excluding hydrogens is 432 g/mol. The van der Waals surface area contributed by atoms with Gasteiger partial charge in [-0.2, -0.15) is 13.2 Å². The van der Waals surface area contributed by atoms with Gasteiger partial charge < -0.3 is 20.1 Å². The van der Waals surface area contributed by atoms with Crippen LogP contribution in [0.2, 0.25) is 0 Å². The van der Waals surface area contributed by atoms with Crippen LogP contribution >= 0.6 is 0 Å². The molecule has 1 aliphatic rings. The van der Waals surface area contributed by atoms with Crippen LogP contribution < -0.4 is 10.6 Å². The van der Waals surface area contributed by atoms with Gasteiger partial charge in [-0.05, 0) is 55.3 Å². The average molecular weight is 454 g/mol. The molecule has 1 atom stereocenters. The van der Waals surface area contributed by atoms with Crippen LogP contribution in [-0.4, -0.2) is 37.7 Å². The van der Waals surface area contributed by atoms with Gasteiger partial charge in [0.05, 0.1) is 37.0 Å². The molecule has 0 aromatic heterocycles. The number of nitrogens with one attached hydrogen (secondary N) is 2. The first kappa shape index (κ1) is 23.7. The SMILES string of the molecule is O=C(CCOCC1CCCO1)Nc1ccc(NC(=O)c2ccc(F)cc2)cc1C(F)(F)F. The van der Waals surface area contributed by atoms with Gasteiger partial charge >= 0.3 is 6.18 Å². The molecule has 1 unspecified atom stereocenters. The van der Waals surface area contributed by atoms with Crippen LogP contribution in [0.1, 0.15) is 35.2 Å². The van der Waals surface area contributed by atoms with Gasteiger partial charge in [-0.1, -0.05) is 0 Å². The molecule has 0 bridgehead atoms. The van der Waals surface area contributed by atoms with Crippen LogP contribution in [0.25, 0.3) is 0 Å². The lowest BCUT2D eigenvalue weighted by Crippen LogP contribution is -2.20. The third-order valence-electron chi connectivity index (χ3n) is 4.76. The number of halogens is 4. The quantitative estimate of drug-likeness (QED) is 0.451. The molecule has 32 heavy (non-hydrogen) atoms. The molecule has 10 heteroatoms. The summed E-state index contributed by atoms with van der Waals surface area (Å²) in [4.78, 5) is 24.3. The van der Waals surface area contributed by atoms with E-state index in [0.29, 0.717) is 13.2 Å². The number of alkyl halides is 3. The van der Waals surface area contributed by atoms with Gasteiger partial charge in [0.1, 0.15) is 5.82 Å². The molecule has 0 spiro atoms. The Bertz CT molecular complexity index is 942. The van der Waals surface area contributed by atoms with Gasteiger partial charge in [-0.15, -0.1) is 0 Å². The first-order chi connectivity index (χ1) is 15.2. The van der Waals surface area contributed by atoms with Crippen LogP contribution in [0.4, 0.5) is 28.9 Å². The van der Waals surface area contributed by atoms with Gasteiger partial charge in [0.2, 0.25) is 5.91 Å². The Balaban J connectivity index is 1.61. The molecule has 6 nitrogen and oxygen atoms in total. The Hall–Kier alpha value is -2.98. The number of benzene rings is 2. The van der Waals surface area contributed by atoms with E-state index < -0.39 is 35.1 Å². The molecule has 2 amide bonds. The van der Waals surface area contributed by atoms with Gasteiger partial charge in [0, 0.05) is 17.9 Å². The minimum atomic E-state index is -4.77. The molecule has 1 saturated heterocycles. The summed E-state index contributed by atoms with van der Waals surface area (Å²) < 4.78 is 64.3. The van der Waals surface area contributed by atoms with E-state index in [1.54, 1.807) is 0 Å². The summed E-state index contributed by atoms with van der Waals surface area (Å²) in [6.07, 6.45) is -3.06. The number of amides is 2. The summed E-state index contributed by atoms with van der Waals surface area (Å²) in [5, 5.41) is 4.57. The smallest absolute Gasteiger partial charge is 0.378 e. The third-order valence-corrected chi connectivity index (χ3v) is 4.76. The molecule has 1 heterocycles. The fourth-order valence-corrected chi connectivity index (χ4v) is 3.14. The summed E-state index contributed by atoms with van der Waals surface area (Å²) >= 11 is 0. The first-order valence-electron chi connectivity index (χ1n) is 10.00. The molecule has 0 radical (unpaired) electrons. The molecule has 3 rings (SSSR count). The molecule has 2 aromatic carbocycles. The van der Waals surface area contributed by atoms with E-state index in [-0.39, 0.29) is 30.4 Å². The summed E-state index contributed by atoms with van der Waals surface area (Å²) in [5.74, 6) is -1.87. The van der Waals surface area contributed by atoms with Crippen molar-refractivity contribution in [2.24, 2.45) is 0 Å². The fourth-order valence-electron chi connectivity index (χ4n) is 3.14. The minimum absolute atomic E-state index is 0.00689. The number of carbonyl (C=O) groups is 2. The highest BCUT2D eigenvalue weighted by molar-refractivity contribution is 6.04. The maximum atomic E-state index is 13.5. The van der Waals surface area contributed by atoms with Gasteiger partial charge in [0.25, 0.3) is 5.91 Å². The van der Waals surface area contributed by atoms with E-state index in [2.05, 4.69) is 10.6 Å². The zero-order valence-electron chi connectivity index (χ0n) is 17.0. The predicted octanol–water partition coefficient (Wildman–Crippen LogP) is 4.62. The van der Waals surface area contributed by atoms with Crippen molar-refractivity contribution in [3.05, 3.63) is 59.4 Å². The summed E-state index contributed by atoms with van der Waals surface area (Å²) in [6, 6.07) is 7.59. The van der Waals surface area contributed by atoms with E-state index >= 15 is 0 Å². The van der Waals surface area contributed by atoms with Crippen molar-refractivity contribution in [2.45, 2.75) is 31.5 Å². The normalized spacial score (nSPS) is 16.1. The van der Waals surface area contributed by atoms with Crippen molar-refractivity contribution in [1.29, 1.82) is 0 Å². The Morgan fingerprint density at radius 3 is 2.50 bits per heavy atom. The van der Waals surface area contributed by atoms with Crippen molar-refractivity contribution < 1.29 is 36.6 Å². The number of carbonyl (C=O) groups excluding carboxylic acids is 2. The number of hydrogen-bond acceptors (Lipinski definition) is 4. The monoisotopic (exact) mass is 454 g/mol. The van der Waals surface area contributed by atoms with E-state index in [4.69, 9.17) is 9.47 Å². The molecule has 2 aromatic rings. The van der Waals surface area contributed by atoms with Crippen molar-refractivity contribution >= 4 is 23.2 Å². The molecule has 172 valence electrons. The summed E-state index contributed by atoms with van der Waals surface area (Å²) in [6.45, 7) is 1.07. The minimum Gasteiger partial charge on any atom is -0.378 e. The summed E-state index contributed by atoms with van der Waals surface area (Å²) in [5.41, 5.74) is -1.57. The Kier molecular flexibility index (Phi) is 7.81. The van der Waals surface area contributed by atoms with Crippen LogP contribution in [0, 0.1) is 5.82 Å². The number of hydrogen-bond donors (Lipinski definition) is 2. The molecular formula is C22H22F4N2O4. The summed E-state index contributed by atoms with van der Waals surface area (Å²) in [7, 11) is 0. The lowest BCUT2D eigenvalue weighted by molar-refractivity contribution is -0.136. The van der Waals surface area contributed by atoms with Crippen molar-refractivity contribution in [1.82, 2.24) is 0 Å². The zero-order chi connectivity index (χ0) is 23.1. The van der Waals surface area contributed by atoms with Gasteiger partial charge in [-0.3, -0.25) is 9.59 Å². The maximum Gasteiger partial charge on any atom is 0.418 e. The first-order valence-corrected chi connectivity index (χ1v) is 10.00. The lowest BCUT2D eigenvalue weighted by atomic mass is 10.1. The topological polar surface area (TPSA) is 76.7 Å². The second kappa shape index (κ2) is 10.6. The molecule has 1 aliphatic heterocycles. The fraction of sp³-hybridized carbons (Fsp3) is 0.364. The highest BCUT2D eigenvalue weighted by Gasteiger charge is 2.34. The standard InChI is InChI=1S/C22H22F4N2O4/c23-15-5-3-14(4-6-15)21(30)27-16-7-8-19(18(12-16)22(24,25)26)28-20(29)9-11-31-13-17-2-1-10-32-17/h3-8,12,17H,1-2,9-11,13H2,(H,27,30)(H,28,29). The Morgan fingerprint density at radius 1 is 1.09 bits per heavy atom. The average Bonchev–Trinajstić information content (AvgIpc) is 3.25. The van der Waals surface area contributed by atoms with Crippen molar-refractivity contribution in [3.8, 4) is 0 Å². The van der Waals surface area contributed by atoms with Crippen LogP contribution in [0.3, 0.4) is 0 Å². The van der Waals surface area contributed by atoms with Crippen molar-refractivity contribution in [3.63, 3.8) is 0 Å². The predicted molar refractivity (Wildman–Crippen MR) is 109 cm³/mol. The zero-order valence-corrected chi connectivity index (χ0v) is 17.0. The molecule has 0 saturated carbocycles. The van der Waals surface area contributed by atoms with Crippen molar-refractivity contribution in [2.75, 3.05) is 30.5 Å². The number of rotatable bonds is 8. The Labute approximate surface area is 181 Å². The second-order valence-corrected chi connectivity index (χ2v) is 7.23.